The van der Waals surface area contributed by atoms with E-state index in [1.54, 1.807) is 6.92 Å². The number of aliphatic hydroxyl groups is 1. The van der Waals surface area contributed by atoms with Crippen molar-refractivity contribution in [1.29, 1.82) is 0 Å². The number of nitrogens with two attached hydrogens (primary N) is 2. The number of primary amides is 1. The number of rotatable bonds is 68. The molecule has 26 heteroatoms. The molecule has 0 aromatic carbocycles. The van der Waals surface area contributed by atoms with E-state index in [1.165, 1.54) is 69.5 Å². The van der Waals surface area contributed by atoms with Crippen LogP contribution in [0.5, 0.6) is 0 Å². The summed E-state index contributed by atoms with van der Waals surface area (Å²) >= 11 is 1.27. The number of ketones is 1. The van der Waals surface area contributed by atoms with Gasteiger partial charge in [0.1, 0.15) is 18.8 Å². The second kappa shape index (κ2) is 64.3. The summed E-state index contributed by atoms with van der Waals surface area (Å²) < 4.78 is 76.6. The Morgan fingerprint density at radius 1 is 0.452 bits per heavy atom. The molecule has 25 nitrogen and oxygen atoms in total. The molecular formula is C58H110N4O21S. The second-order valence-electron chi connectivity index (χ2n) is 19.4. The third-order valence-electron chi connectivity index (χ3n) is 12.1. The molecule has 3 atom stereocenters. The lowest BCUT2D eigenvalue weighted by Crippen LogP contribution is -2.51. The Labute approximate surface area is 505 Å². The zero-order valence-corrected chi connectivity index (χ0v) is 52.0. The van der Waals surface area contributed by atoms with Gasteiger partial charge in [-0.05, 0) is 12.8 Å². The molecule has 3 amide bonds. The van der Waals surface area contributed by atoms with Gasteiger partial charge in [-0.3, -0.25) is 28.8 Å². The van der Waals surface area contributed by atoms with Crippen LogP contribution in [0.4, 0.5) is 0 Å². The first-order valence-corrected chi connectivity index (χ1v) is 31.8. The highest BCUT2D eigenvalue weighted by molar-refractivity contribution is 7.99. The Balaban J connectivity index is 3.70. The van der Waals surface area contributed by atoms with Crippen LogP contribution in [-0.2, 0) is 95.1 Å². The average molecular weight is 1230 g/mol. The van der Waals surface area contributed by atoms with E-state index in [9.17, 15) is 33.9 Å². The van der Waals surface area contributed by atoms with E-state index >= 15 is 0 Å². The van der Waals surface area contributed by atoms with Gasteiger partial charge in [-0.2, -0.15) is 11.8 Å². The van der Waals surface area contributed by atoms with E-state index in [1.807, 2.05) is 0 Å². The van der Waals surface area contributed by atoms with Gasteiger partial charge in [0.15, 0.2) is 5.78 Å². The fourth-order valence-electron chi connectivity index (χ4n) is 7.33. The molecule has 0 saturated heterocycles. The molecule has 0 bridgehead atoms. The van der Waals surface area contributed by atoms with Gasteiger partial charge in [-0.1, -0.05) is 90.9 Å². The van der Waals surface area contributed by atoms with Gasteiger partial charge in [0.2, 0.25) is 17.7 Å². The predicted molar refractivity (Wildman–Crippen MR) is 317 cm³/mol. The molecule has 0 aromatic rings. The number of thioether (sulfide) groups is 1. The number of amides is 3. The molecule has 0 unspecified atom stereocenters. The van der Waals surface area contributed by atoms with Crippen LogP contribution in [0.25, 0.3) is 0 Å². The number of hydrogen-bond acceptors (Lipinski definition) is 23. The van der Waals surface area contributed by atoms with Crippen LogP contribution < -0.4 is 22.1 Å². The zero-order chi connectivity index (χ0) is 61.5. The Hall–Kier alpha value is -3.19. The highest BCUT2D eigenvalue weighted by Gasteiger charge is 2.24. The van der Waals surface area contributed by atoms with Crippen molar-refractivity contribution < 1.29 is 100 Å². The van der Waals surface area contributed by atoms with Crippen molar-refractivity contribution in [2.75, 3.05) is 190 Å². The predicted octanol–water partition coefficient (Wildman–Crippen LogP) is 3.41. The van der Waals surface area contributed by atoms with Crippen molar-refractivity contribution in [1.82, 2.24) is 10.6 Å². The van der Waals surface area contributed by atoms with Gasteiger partial charge in [-0.15, -0.1) is 0 Å². The molecule has 0 radical (unpaired) electrons. The number of nitrogens with one attached hydrogen (secondary N) is 2. The molecular weight excluding hydrogens is 1120 g/mol. The van der Waals surface area contributed by atoms with Gasteiger partial charge < -0.3 is 93.5 Å². The first-order valence-electron chi connectivity index (χ1n) is 30.6. The molecule has 7 N–H and O–H groups in total. The van der Waals surface area contributed by atoms with Crippen molar-refractivity contribution in [2.24, 2.45) is 11.5 Å². The Morgan fingerprint density at radius 2 is 0.833 bits per heavy atom. The Kier molecular flexibility index (Phi) is 61.8. The standard InChI is InChI=1S/C58H110N4O21S/c1-3-5-6-7-8-9-10-11-12-13-14-15-16-19-57(68)83-50(47-82-56(67)4-2)48-84-49-51(59)58(69)62-52(46-63)53(64)18-17-21-70-23-25-72-27-29-74-31-33-76-35-37-78-39-41-80-43-44-81-42-40-79-38-36-77-34-32-75-30-28-73-26-24-71-22-20-55(66)61-45-54(60)65/h50-52,63H,3-49,59H2,1-2H3,(H2,60,65)(H,61,66)(H,62,69)/t50-,51+,52+/m1/s1. The molecule has 0 heterocycles. The van der Waals surface area contributed by atoms with E-state index < -0.39 is 42.6 Å². The van der Waals surface area contributed by atoms with Crippen molar-refractivity contribution in [3.8, 4) is 0 Å². The second-order valence-corrected chi connectivity index (χ2v) is 20.5. The summed E-state index contributed by atoms with van der Waals surface area (Å²) in [4.78, 5) is 72.1. The number of aliphatic hydroxyl groups excluding tert-OH is 1. The van der Waals surface area contributed by atoms with Crippen molar-refractivity contribution in [3.05, 3.63) is 0 Å². The first kappa shape index (κ1) is 80.8. The maximum absolute atomic E-state index is 12.8. The average Bonchev–Trinajstić information content (AvgIpc) is 3.51. The molecule has 0 aliphatic carbocycles. The summed E-state index contributed by atoms with van der Waals surface area (Å²) in [5.41, 5.74) is 11.1. The molecule has 0 fully saturated rings. The van der Waals surface area contributed by atoms with Crippen LogP contribution in [0.2, 0.25) is 0 Å². The van der Waals surface area contributed by atoms with Gasteiger partial charge in [0, 0.05) is 43.8 Å². The van der Waals surface area contributed by atoms with Crippen LogP contribution in [-0.4, -0.2) is 249 Å². The van der Waals surface area contributed by atoms with Crippen LogP contribution in [0.3, 0.4) is 0 Å². The van der Waals surface area contributed by atoms with E-state index in [0.29, 0.717) is 158 Å². The minimum absolute atomic E-state index is 0.0834. The normalized spacial score (nSPS) is 12.5. The minimum Gasteiger partial charge on any atom is -0.462 e. The van der Waals surface area contributed by atoms with Crippen molar-refractivity contribution in [3.63, 3.8) is 0 Å². The molecule has 494 valence electrons. The van der Waals surface area contributed by atoms with Crippen molar-refractivity contribution in [2.45, 2.75) is 148 Å². The smallest absolute Gasteiger partial charge is 0.306 e. The van der Waals surface area contributed by atoms with Crippen LogP contribution in [0.15, 0.2) is 0 Å². The number of unbranched alkanes of at least 4 members (excludes halogenated alkanes) is 12. The highest BCUT2D eigenvalue weighted by atomic mass is 32.2. The lowest BCUT2D eigenvalue weighted by atomic mass is 10.0. The molecule has 84 heavy (non-hydrogen) atoms. The number of carbonyl (C=O) groups excluding carboxylic acids is 6. The van der Waals surface area contributed by atoms with Crippen LogP contribution >= 0.6 is 11.8 Å². The third-order valence-corrected chi connectivity index (χ3v) is 13.3. The number of esters is 2. The lowest BCUT2D eigenvalue weighted by Gasteiger charge is -2.20. The van der Waals surface area contributed by atoms with Gasteiger partial charge in [-0.25, -0.2) is 0 Å². The largest absolute Gasteiger partial charge is 0.462 e. The minimum atomic E-state index is -1.11. The SMILES string of the molecule is CCCCCCCCCCCCCCCC(=O)O[C@H](COC(=O)CC)CSC[C@H](N)C(=O)N[C@@H](CO)C(=O)CCCOCCOCCOCCOCCOCCOCCOCCOCCOCCOCCOCCOCCC(=O)NCC(N)=O. The first-order chi connectivity index (χ1) is 41.0. The van der Waals surface area contributed by atoms with Gasteiger partial charge in [0.25, 0.3) is 0 Å². The summed E-state index contributed by atoms with van der Waals surface area (Å²) in [7, 11) is 0. The Morgan fingerprint density at radius 3 is 1.21 bits per heavy atom. The third kappa shape index (κ3) is 59.2. The summed E-state index contributed by atoms with van der Waals surface area (Å²) in [6, 6.07) is -2.11. The fourth-order valence-corrected chi connectivity index (χ4v) is 8.30. The van der Waals surface area contributed by atoms with Crippen LogP contribution in [0.1, 0.15) is 129 Å². The number of ether oxygens (including phenoxy) is 14. The molecule has 0 aliphatic heterocycles. The maximum atomic E-state index is 12.8. The van der Waals surface area contributed by atoms with Gasteiger partial charge in [0.05, 0.1) is 171 Å². The fraction of sp³-hybridized carbons (Fsp3) is 0.897. The summed E-state index contributed by atoms with van der Waals surface area (Å²) in [6.07, 6.45) is 16.1. The Bertz CT molecular complexity index is 1550. The summed E-state index contributed by atoms with van der Waals surface area (Å²) in [5.74, 6) is -2.20. The molecule has 0 spiro atoms. The van der Waals surface area contributed by atoms with E-state index in [-0.39, 0.29) is 74.6 Å². The molecule has 0 aliphatic rings. The topological polar surface area (TPSA) is 328 Å². The molecule has 0 rings (SSSR count). The van der Waals surface area contributed by atoms with Crippen molar-refractivity contribution >= 4 is 47.2 Å². The molecule has 0 aromatic heterocycles. The molecule has 0 saturated carbocycles. The number of hydrogen-bond donors (Lipinski definition) is 5. The quantitative estimate of drug-likeness (QED) is 0.0430. The monoisotopic (exact) mass is 1230 g/mol. The summed E-state index contributed by atoms with van der Waals surface area (Å²) in [6.45, 7) is 12.7. The summed E-state index contributed by atoms with van der Waals surface area (Å²) in [5, 5.41) is 14.8. The highest BCUT2D eigenvalue weighted by Crippen LogP contribution is 2.15. The van der Waals surface area contributed by atoms with Gasteiger partial charge >= 0.3 is 11.9 Å². The van der Waals surface area contributed by atoms with E-state index in [0.717, 1.165) is 25.7 Å². The van der Waals surface area contributed by atoms with E-state index in [2.05, 4.69) is 17.6 Å². The number of carbonyl (C=O) groups is 6. The lowest BCUT2D eigenvalue weighted by molar-refractivity contribution is -0.157. The van der Waals surface area contributed by atoms with Crippen LogP contribution in [0, 0.1) is 0 Å². The number of Topliss-reactive ketones (excluding diaryl/α,β-unsaturated/α-hetero) is 1. The maximum Gasteiger partial charge on any atom is 0.306 e. The van der Waals surface area contributed by atoms with E-state index in [4.69, 9.17) is 77.8 Å². The zero-order valence-electron chi connectivity index (χ0n) is 51.1.